The maximum absolute atomic E-state index is 16.3. The summed E-state index contributed by atoms with van der Waals surface area (Å²) in [6.07, 6.45) is 4.22. The average molecular weight is 696 g/mol. The molecule has 2 N–H and O–H groups in total. The molecule has 1 fully saturated rings. The second-order valence-electron chi connectivity index (χ2n) is 11.0. The number of rotatable bonds is 12. The minimum Gasteiger partial charge on any atom is -0.480 e. The van der Waals surface area contributed by atoms with Crippen LogP contribution in [-0.4, -0.2) is 57.2 Å². The molecule has 0 saturated heterocycles. The van der Waals surface area contributed by atoms with Gasteiger partial charge >= 0.3 is 12.0 Å². The fourth-order valence-corrected chi connectivity index (χ4v) is 6.23. The summed E-state index contributed by atoms with van der Waals surface area (Å²) in [6, 6.07) is 9.12. The summed E-state index contributed by atoms with van der Waals surface area (Å²) in [5, 5.41) is 2.73. The Hall–Kier alpha value is -5.48. The van der Waals surface area contributed by atoms with Crippen molar-refractivity contribution in [3.63, 3.8) is 0 Å². The van der Waals surface area contributed by atoms with Crippen molar-refractivity contribution in [2.75, 3.05) is 33.2 Å². The van der Waals surface area contributed by atoms with E-state index in [0.717, 1.165) is 44.3 Å². The molecule has 0 unspecified atom stereocenters. The van der Waals surface area contributed by atoms with E-state index in [4.69, 9.17) is 18.9 Å². The molecule has 1 saturated carbocycles. The summed E-state index contributed by atoms with van der Waals surface area (Å²) in [5.74, 6) is -3.48. The van der Waals surface area contributed by atoms with Gasteiger partial charge in [0.1, 0.15) is 33.8 Å². The number of halogens is 3. The second-order valence-corrected chi connectivity index (χ2v) is 12.7. The third kappa shape index (κ3) is 7.34. The summed E-state index contributed by atoms with van der Waals surface area (Å²) in [6.45, 7) is 0.179. The topological polar surface area (TPSA) is 151 Å². The van der Waals surface area contributed by atoms with E-state index in [1.807, 2.05) is 0 Å². The van der Waals surface area contributed by atoms with E-state index in [-0.39, 0.29) is 74.2 Å². The summed E-state index contributed by atoms with van der Waals surface area (Å²) in [5.41, 5.74) is 0.408. The number of carbonyl (C=O) groups is 1. The largest absolute Gasteiger partial charge is 0.480 e. The lowest BCUT2D eigenvalue weighted by Crippen LogP contribution is -2.26. The van der Waals surface area contributed by atoms with Gasteiger partial charge in [0.2, 0.25) is 15.9 Å². The lowest BCUT2D eigenvalue weighted by molar-refractivity contribution is 0.0600. The SMILES string of the molecule is COC(=O)c1cc(Nc2c(S(=O)(=O)NCC3CC3)cnc3cc(-c4cnc(OC)nc4OC)cc(F)c23)cc(Oc2cc(F)cc(F)c2)c1. The maximum atomic E-state index is 16.3. The standard InChI is InChI=1S/C33H28F3N5O7S/c1-45-31-25(15-38-33(41-31)47-3)18-8-26(36)29-27(9-18)37-16-28(49(43,44)39-14-17-4-5-17)30(29)40-22-6-19(32(42)46-2)7-23(13-22)48-24-11-20(34)10-21(35)12-24/h6-13,15-17,39H,4-5,14H2,1-3H3,(H,37,40). The van der Waals surface area contributed by atoms with Crippen LogP contribution in [0, 0.1) is 23.4 Å². The molecule has 6 rings (SSSR count). The average Bonchev–Trinajstić information content (AvgIpc) is 3.91. The van der Waals surface area contributed by atoms with E-state index in [0.29, 0.717) is 11.6 Å². The van der Waals surface area contributed by atoms with E-state index < -0.39 is 33.4 Å². The number of fused-ring (bicyclic) bond motifs is 1. The Morgan fingerprint density at radius 1 is 0.898 bits per heavy atom. The van der Waals surface area contributed by atoms with Crippen molar-refractivity contribution in [1.29, 1.82) is 0 Å². The van der Waals surface area contributed by atoms with Crippen molar-refractivity contribution in [2.45, 2.75) is 17.7 Å². The lowest BCUT2D eigenvalue weighted by atomic mass is 10.0. The van der Waals surface area contributed by atoms with E-state index in [9.17, 15) is 22.0 Å². The van der Waals surface area contributed by atoms with Gasteiger partial charge in [0.15, 0.2) is 0 Å². The molecule has 0 radical (unpaired) electrons. The number of aromatic nitrogens is 3. The quantitative estimate of drug-likeness (QED) is 0.145. The zero-order valence-corrected chi connectivity index (χ0v) is 27.0. The molecule has 2 heterocycles. The van der Waals surface area contributed by atoms with Crippen molar-refractivity contribution in [1.82, 2.24) is 19.7 Å². The first-order valence-corrected chi connectivity index (χ1v) is 16.2. The molecule has 2 aromatic heterocycles. The molecule has 0 atom stereocenters. The molecule has 0 aliphatic heterocycles. The molecule has 3 aromatic carbocycles. The van der Waals surface area contributed by atoms with Crippen LogP contribution in [0.5, 0.6) is 23.4 Å². The number of sulfonamides is 1. The highest BCUT2D eigenvalue weighted by Gasteiger charge is 2.28. The maximum Gasteiger partial charge on any atom is 0.338 e. The Morgan fingerprint density at radius 2 is 1.63 bits per heavy atom. The fraction of sp³-hybridized carbons (Fsp3) is 0.212. The van der Waals surface area contributed by atoms with Crippen molar-refractivity contribution in [3.05, 3.63) is 83.9 Å². The second kappa shape index (κ2) is 13.6. The Morgan fingerprint density at radius 3 is 2.31 bits per heavy atom. The molecule has 0 amide bonds. The van der Waals surface area contributed by atoms with Crippen LogP contribution in [0.4, 0.5) is 24.5 Å². The van der Waals surface area contributed by atoms with Crippen molar-refractivity contribution >= 4 is 38.3 Å². The summed E-state index contributed by atoms with van der Waals surface area (Å²) < 4.78 is 94.8. The van der Waals surface area contributed by atoms with Crippen LogP contribution in [-0.2, 0) is 14.8 Å². The molecular formula is C33H28F3N5O7S. The van der Waals surface area contributed by atoms with Crippen LogP contribution in [0.25, 0.3) is 22.0 Å². The predicted octanol–water partition coefficient (Wildman–Crippen LogP) is 6.14. The molecule has 49 heavy (non-hydrogen) atoms. The van der Waals surface area contributed by atoms with Crippen molar-refractivity contribution in [3.8, 4) is 34.5 Å². The Labute approximate surface area is 278 Å². The Kier molecular flexibility index (Phi) is 9.25. The molecule has 16 heteroatoms. The highest BCUT2D eigenvalue weighted by Crippen LogP contribution is 2.39. The number of nitrogens with one attached hydrogen (secondary N) is 2. The van der Waals surface area contributed by atoms with E-state index in [1.54, 1.807) is 0 Å². The first-order valence-electron chi connectivity index (χ1n) is 14.7. The van der Waals surface area contributed by atoms with Crippen LogP contribution in [0.1, 0.15) is 23.2 Å². The molecule has 1 aliphatic carbocycles. The first kappa shape index (κ1) is 33.4. The Balaban J connectivity index is 1.50. The van der Waals surface area contributed by atoms with Gasteiger partial charge < -0.3 is 24.3 Å². The fourth-order valence-electron chi connectivity index (χ4n) is 5.00. The minimum atomic E-state index is -4.26. The number of carbonyl (C=O) groups excluding carboxylic acids is 1. The van der Waals surface area contributed by atoms with E-state index in [2.05, 4.69) is 25.0 Å². The van der Waals surface area contributed by atoms with Crippen LogP contribution in [0.15, 0.2) is 65.8 Å². The first-order chi connectivity index (χ1) is 23.5. The molecule has 254 valence electrons. The predicted molar refractivity (Wildman–Crippen MR) is 171 cm³/mol. The monoisotopic (exact) mass is 695 g/mol. The third-order valence-electron chi connectivity index (χ3n) is 7.52. The highest BCUT2D eigenvalue weighted by molar-refractivity contribution is 7.89. The number of methoxy groups -OCH3 is 3. The normalized spacial score (nSPS) is 12.9. The van der Waals surface area contributed by atoms with E-state index >= 15 is 4.39 Å². The van der Waals surface area contributed by atoms with E-state index in [1.165, 1.54) is 44.7 Å². The van der Waals surface area contributed by atoms with Gasteiger partial charge in [0.05, 0.1) is 49.0 Å². The number of nitrogens with zero attached hydrogens (tertiary/aromatic N) is 3. The van der Waals surface area contributed by atoms with Crippen LogP contribution >= 0.6 is 0 Å². The number of ether oxygens (including phenoxy) is 4. The third-order valence-corrected chi connectivity index (χ3v) is 8.96. The molecule has 0 spiro atoms. The van der Waals surface area contributed by atoms with Crippen molar-refractivity contribution in [2.24, 2.45) is 5.92 Å². The number of hydrogen-bond donors (Lipinski definition) is 2. The molecule has 5 aromatic rings. The number of anilines is 2. The smallest absolute Gasteiger partial charge is 0.338 e. The van der Waals surface area contributed by atoms with Crippen LogP contribution < -0.4 is 24.2 Å². The van der Waals surface area contributed by atoms with Gasteiger partial charge in [0, 0.05) is 48.9 Å². The van der Waals surface area contributed by atoms with Gasteiger partial charge in [-0.2, -0.15) is 4.98 Å². The summed E-state index contributed by atoms with van der Waals surface area (Å²) in [7, 11) is -0.355. The van der Waals surface area contributed by atoms with Gasteiger partial charge in [0.25, 0.3) is 0 Å². The Bertz CT molecular complexity index is 2180. The van der Waals surface area contributed by atoms with Gasteiger partial charge in [-0.1, -0.05) is 0 Å². The lowest BCUT2D eigenvalue weighted by Gasteiger charge is -2.18. The van der Waals surface area contributed by atoms with Crippen molar-refractivity contribution < 1.29 is 45.3 Å². The zero-order chi connectivity index (χ0) is 34.9. The van der Waals surface area contributed by atoms with Gasteiger partial charge in [-0.25, -0.2) is 36.1 Å². The molecule has 1 aliphatic rings. The number of pyridine rings is 1. The molecule has 12 nitrogen and oxygen atoms in total. The zero-order valence-electron chi connectivity index (χ0n) is 26.2. The van der Waals surface area contributed by atoms with Gasteiger partial charge in [-0.15, -0.1) is 0 Å². The van der Waals surface area contributed by atoms with Crippen LogP contribution in [0.3, 0.4) is 0 Å². The number of esters is 1. The van der Waals surface area contributed by atoms with Gasteiger partial charge in [-0.05, 0) is 48.6 Å². The van der Waals surface area contributed by atoms with Gasteiger partial charge in [-0.3, -0.25) is 4.98 Å². The molecule has 0 bridgehead atoms. The molecular weight excluding hydrogens is 667 g/mol. The number of hydrogen-bond acceptors (Lipinski definition) is 11. The van der Waals surface area contributed by atoms with Crippen LogP contribution in [0.2, 0.25) is 0 Å². The summed E-state index contributed by atoms with van der Waals surface area (Å²) in [4.78, 5) is 24.8. The number of benzene rings is 3. The summed E-state index contributed by atoms with van der Waals surface area (Å²) >= 11 is 0. The highest BCUT2D eigenvalue weighted by atomic mass is 32.2. The minimum absolute atomic E-state index is 0.0279.